The molecule has 0 radical (unpaired) electrons. The first-order valence-corrected chi connectivity index (χ1v) is 5.92. The minimum Gasteiger partial charge on any atom is -0.384 e. The summed E-state index contributed by atoms with van der Waals surface area (Å²) in [7, 11) is 0. The van der Waals surface area contributed by atoms with Crippen LogP contribution < -0.4 is 0 Å². The number of nitrogens with zero attached hydrogens (tertiary/aromatic N) is 1. The third-order valence-electron chi connectivity index (χ3n) is 2.89. The third kappa shape index (κ3) is 1.98. The second-order valence-electron chi connectivity index (χ2n) is 4.14. The van der Waals surface area contributed by atoms with Crippen molar-refractivity contribution < 1.29 is 32.5 Å². The van der Waals surface area contributed by atoms with Gasteiger partial charge in [0.25, 0.3) is 5.79 Å². The molecule has 0 bridgehead atoms. The first kappa shape index (κ1) is 15.7. The van der Waals surface area contributed by atoms with Gasteiger partial charge in [-0.2, -0.15) is 17.6 Å². The molecular formula is C10H7Cl2F4NO3. The molecule has 1 aliphatic heterocycles. The number of pyridine rings is 1. The van der Waals surface area contributed by atoms with Crippen LogP contribution in [0.2, 0.25) is 10.3 Å². The van der Waals surface area contributed by atoms with Crippen LogP contribution in [-0.2, 0) is 10.5 Å². The zero-order valence-corrected chi connectivity index (χ0v) is 11.0. The highest BCUT2D eigenvalue weighted by atomic mass is 35.5. The number of aliphatic hydroxyl groups is 2. The molecule has 112 valence electrons. The lowest BCUT2D eigenvalue weighted by Gasteiger charge is -2.45. The molecule has 1 aromatic heterocycles. The van der Waals surface area contributed by atoms with E-state index in [1.165, 1.54) is 0 Å². The largest absolute Gasteiger partial charge is 0.384 e. The summed E-state index contributed by atoms with van der Waals surface area (Å²) in [4.78, 5) is 3.38. The monoisotopic (exact) mass is 335 g/mol. The summed E-state index contributed by atoms with van der Waals surface area (Å²) in [5, 5.41) is 17.9. The Kier molecular flexibility index (Phi) is 3.67. The maximum Gasteiger partial charge on any atom is 0.369 e. The summed E-state index contributed by atoms with van der Waals surface area (Å²) in [5.74, 6) is -13.8. The molecule has 4 nitrogen and oxygen atoms in total. The van der Waals surface area contributed by atoms with Gasteiger partial charge >= 0.3 is 11.8 Å². The average Bonchev–Trinajstić information content (AvgIpc) is 2.33. The normalized spacial score (nSPS) is 32.1. The molecule has 0 unspecified atom stereocenters. The van der Waals surface area contributed by atoms with Crippen LogP contribution in [0.3, 0.4) is 0 Å². The van der Waals surface area contributed by atoms with Crippen LogP contribution in [0.15, 0.2) is 12.1 Å². The van der Waals surface area contributed by atoms with E-state index >= 15 is 0 Å². The molecule has 0 saturated carbocycles. The molecule has 2 atom stereocenters. The van der Waals surface area contributed by atoms with Crippen molar-refractivity contribution in [2.45, 2.75) is 23.7 Å². The van der Waals surface area contributed by atoms with Crippen LogP contribution in [0.1, 0.15) is 5.56 Å². The molecule has 1 fully saturated rings. The van der Waals surface area contributed by atoms with Gasteiger partial charge in [-0.1, -0.05) is 23.2 Å². The number of hydrogen-bond donors (Lipinski definition) is 2. The molecule has 2 rings (SSSR count). The molecule has 0 aliphatic carbocycles. The Labute approximate surface area is 119 Å². The van der Waals surface area contributed by atoms with Crippen molar-refractivity contribution in [1.29, 1.82) is 0 Å². The van der Waals surface area contributed by atoms with Gasteiger partial charge in [0.15, 0.2) is 0 Å². The summed E-state index contributed by atoms with van der Waals surface area (Å²) in [5.41, 5.74) is -0.875. The van der Waals surface area contributed by atoms with Gasteiger partial charge in [0.05, 0.1) is 12.2 Å². The van der Waals surface area contributed by atoms with Gasteiger partial charge < -0.3 is 14.9 Å². The van der Waals surface area contributed by atoms with Gasteiger partial charge in [0.2, 0.25) is 0 Å². The van der Waals surface area contributed by atoms with Crippen molar-refractivity contribution >= 4 is 23.2 Å². The van der Waals surface area contributed by atoms with Crippen LogP contribution >= 0.6 is 23.2 Å². The zero-order chi connectivity index (χ0) is 15.3. The number of halogens is 6. The Bertz CT molecular complexity index is 545. The van der Waals surface area contributed by atoms with Crippen molar-refractivity contribution in [3.8, 4) is 0 Å². The third-order valence-corrected chi connectivity index (χ3v) is 3.39. The summed E-state index contributed by atoms with van der Waals surface area (Å²) in [6.07, 6.45) is -2.77. The first-order valence-electron chi connectivity index (χ1n) is 5.16. The molecule has 0 amide bonds. The fourth-order valence-electron chi connectivity index (χ4n) is 1.74. The van der Waals surface area contributed by atoms with Crippen LogP contribution in [0, 0.1) is 0 Å². The standard InChI is InChI=1S/C10H7Cl2F4NO3/c11-6-2-1-4(7(12)17-6)9(19)10(15,16)8(13,14)5(18)3-20-9/h1-2,5,18-19H,3H2/t5-,9-/m1/s1. The smallest absolute Gasteiger partial charge is 0.369 e. The molecule has 0 aromatic carbocycles. The van der Waals surface area contributed by atoms with Crippen LogP contribution in [0.25, 0.3) is 0 Å². The Balaban J connectivity index is 2.59. The summed E-state index contributed by atoms with van der Waals surface area (Å²) in [6.45, 7) is -1.21. The van der Waals surface area contributed by atoms with Crippen LogP contribution in [0.5, 0.6) is 0 Å². The van der Waals surface area contributed by atoms with E-state index < -0.39 is 41.1 Å². The molecule has 0 spiro atoms. The highest BCUT2D eigenvalue weighted by molar-refractivity contribution is 6.32. The van der Waals surface area contributed by atoms with Gasteiger partial charge in [-0.25, -0.2) is 4.98 Å². The predicted octanol–water partition coefficient (Wildman–Crippen LogP) is 2.20. The second-order valence-corrected chi connectivity index (χ2v) is 4.89. The van der Waals surface area contributed by atoms with Crippen LogP contribution in [0.4, 0.5) is 17.6 Å². The SMILES string of the molecule is O[C@@H]1CO[C@](O)(c2ccc(Cl)nc2Cl)C(F)(F)C1(F)F. The summed E-state index contributed by atoms with van der Waals surface area (Å²) in [6, 6.07) is 1.77. The van der Waals surface area contributed by atoms with Gasteiger partial charge in [0.1, 0.15) is 16.4 Å². The van der Waals surface area contributed by atoms with E-state index in [4.69, 9.17) is 28.3 Å². The Hall–Kier alpha value is -0.670. The maximum absolute atomic E-state index is 13.8. The van der Waals surface area contributed by atoms with Crippen LogP contribution in [-0.4, -0.2) is 39.8 Å². The van der Waals surface area contributed by atoms with Crippen molar-refractivity contribution in [2.75, 3.05) is 6.61 Å². The Morgan fingerprint density at radius 1 is 1.25 bits per heavy atom. The number of aromatic nitrogens is 1. The molecule has 20 heavy (non-hydrogen) atoms. The minimum absolute atomic E-state index is 0.187. The van der Waals surface area contributed by atoms with Crippen molar-refractivity contribution in [2.24, 2.45) is 0 Å². The first-order chi connectivity index (χ1) is 9.04. The van der Waals surface area contributed by atoms with Gasteiger partial charge in [-0.15, -0.1) is 0 Å². The van der Waals surface area contributed by atoms with E-state index in [2.05, 4.69) is 9.72 Å². The highest BCUT2D eigenvalue weighted by Crippen LogP contribution is 2.53. The fraction of sp³-hybridized carbons (Fsp3) is 0.500. The van der Waals surface area contributed by atoms with Crippen molar-refractivity contribution in [3.05, 3.63) is 28.0 Å². The molecule has 2 heterocycles. The van der Waals surface area contributed by atoms with E-state index in [1.54, 1.807) is 0 Å². The van der Waals surface area contributed by atoms with E-state index in [-0.39, 0.29) is 5.15 Å². The van der Waals surface area contributed by atoms with E-state index in [1.807, 2.05) is 0 Å². The van der Waals surface area contributed by atoms with Gasteiger partial charge in [-0.05, 0) is 12.1 Å². The van der Waals surface area contributed by atoms with Gasteiger partial charge in [0, 0.05) is 0 Å². The summed E-state index contributed by atoms with van der Waals surface area (Å²) >= 11 is 11.0. The fourth-order valence-corrected chi connectivity index (χ4v) is 2.21. The number of hydrogen-bond acceptors (Lipinski definition) is 4. The van der Waals surface area contributed by atoms with Crippen molar-refractivity contribution in [1.82, 2.24) is 4.98 Å². The molecule has 2 N–H and O–H groups in total. The average molecular weight is 336 g/mol. The lowest BCUT2D eigenvalue weighted by Crippen LogP contribution is -2.67. The molecule has 1 aliphatic rings. The molecule has 10 heteroatoms. The Morgan fingerprint density at radius 3 is 2.40 bits per heavy atom. The minimum atomic E-state index is -5.13. The molecular weight excluding hydrogens is 329 g/mol. The number of aliphatic hydroxyl groups excluding tert-OH is 1. The maximum atomic E-state index is 13.8. The highest BCUT2D eigenvalue weighted by Gasteiger charge is 2.76. The number of rotatable bonds is 1. The number of alkyl halides is 4. The van der Waals surface area contributed by atoms with Gasteiger partial charge in [-0.3, -0.25) is 0 Å². The second kappa shape index (κ2) is 4.67. The zero-order valence-electron chi connectivity index (χ0n) is 9.46. The van der Waals surface area contributed by atoms with E-state index in [0.717, 1.165) is 12.1 Å². The topological polar surface area (TPSA) is 62.6 Å². The molecule has 1 saturated heterocycles. The van der Waals surface area contributed by atoms with Crippen molar-refractivity contribution in [3.63, 3.8) is 0 Å². The predicted molar refractivity (Wildman–Crippen MR) is 60.0 cm³/mol. The Morgan fingerprint density at radius 2 is 1.85 bits per heavy atom. The van der Waals surface area contributed by atoms with E-state index in [0.29, 0.717) is 0 Å². The number of ether oxygens (including phenoxy) is 1. The lowest BCUT2D eigenvalue weighted by molar-refractivity contribution is -0.433. The lowest BCUT2D eigenvalue weighted by atomic mass is 9.90. The van der Waals surface area contributed by atoms with E-state index in [9.17, 15) is 22.7 Å². The quantitative estimate of drug-likeness (QED) is 0.610. The molecule has 1 aromatic rings. The summed E-state index contributed by atoms with van der Waals surface area (Å²) < 4.78 is 58.9.